The van der Waals surface area contributed by atoms with Crippen LogP contribution in [0.4, 0.5) is 0 Å². The van der Waals surface area contributed by atoms with E-state index in [2.05, 4.69) is 16.5 Å². The zero-order valence-corrected chi connectivity index (χ0v) is 11.9. The van der Waals surface area contributed by atoms with Gasteiger partial charge in [-0.1, -0.05) is 13.0 Å². The SMILES string of the molecule is CCc1nccn1Cc1cc([C@@H](N)CO)ccc1OC. The molecule has 0 saturated heterocycles. The van der Waals surface area contributed by atoms with Crippen LogP contribution >= 0.6 is 0 Å². The van der Waals surface area contributed by atoms with Crippen LogP contribution in [0.15, 0.2) is 30.6 Å². The number of benzene rings is 1. The van der Waals surface area contributed by atoms with Gasteiger partial charge in [-0.15, -0.1) is 0 Å². The standard InChI is InChI=1S/C15H21N3O2/c1-3-15-17-6-7-18(15)9-12-8-11(13(16)10-19)4-5-14(12)20-2/h4-8,13,19H,3,9-10,16H2,1-2H3/t13-/m0/s1. The first kappa shape index (κ1) is 14.6. The summed E-state index contributed by atoms with van der Waals surface area (Å²) in [5.74, 6) is 1.85. The lowest BCUT2D eigenvalue weighted by Crippen LogP contribution is -2.15. The minimum atomic E-state index is -0.368. The number of aryl methyl sites for hydroxylation is 1. The average Bonchev–Trinajstić information content (AvgIpc) is 2.93. The second kappa shape index (κ2) is 6.54. The molecular formula is C15H21N3O2. The number of aromatic nitrogens is 2. The van der Waals surface area contributed by atoms with E-state index in [1.54, 1.807) is 13.3 Å². The van der Waals surface area contributed by atoms with Gasteiger partial charge < -0.3 is 20.1 Å². The highest BCUT2D eigenvalue weighted by atomic mass is 16.5. The van der Waals surface area contributed by atoms with Gasteiger partial charge in [0.25, 0.3) is 0 Å². The summed E-state index contributed by atoms with van der Waals surface area (Å²) in [6, 6.07) is 5.40. The van der Waals surface area contributed by atoms with E-state index in [0.717, 1.165) is 29.1 Å². The Morgan fingerprint density at radius 2 is 2.25 bits per heavy atom. The summed E-state index contributed by atoms with van der Waals surface area (Å²) in [5, 5.41) is 9.17. The van der Waals surface area contributed by atoms with Crippen molar-refractivity contribution in [2.75, 3.05) is 13.7 Å². The van der Waals surface area contributed by atoms with Crippen molar-refractivity contribution < 1.29 is 9.84 Å². The molecule has 20 heavy (non-hydrogen) atoms. The summed E-state index contributed by atoms with van der Waals surface area (Å²) in [7, 11) is 1.65. The monoisotopic (exact) mass is 275 g/mol. The largest absolute Gasteiger partial charge is 0.496 e. The van der Waals surface area contributed by atoms with Gasteiger partial charge in [-0.2, -0.15) is 0 Å². The summed E-state index contributed by atoms with van der Waals surface area (Å²) in [4.78, 5) is 4.32. The molecule has 5 nitrogen and oxygen atoms in total. The topological polar surface area (TPSA) is 73.3 Å². The first-order valence-electron chi connectivity index (χ1n) is 6.72. The number of nitrogens with two attached hydrogens (primary N) is 1. The number of hydrogen-bond acceptors (Lipinski definition) is 4. The normalized spacial score (nSPS) is 12.4. The van der Waals surface area contributed by atoms with Crippen molar-refractivity contribution in [3.63, 3.8) is 0 Å². The zero-order chi connectivity index (χ0) is 14.5. The number of hydrogen-bond donors (Lipinski definition) is 2. The Morgan fingerprint density at radius 3 is 2.90 bits per heavy atom. The Labute approximate surface area is 119 Å². The molecule has 5 heteroatoms. The third kappa shape index (κ3) is 3.00. The molecule has 0 aliphatic carbocycles. The number of methoxy groups -OCH3 is 1. The number of aliphatic hydroxyl groups excluding tert-OH is 1. The van der Waals surface area contributed by atoms with E-state index in [1.807, 2.05) is 24.4 Å². The van der Waals surface area contributed by atoms with Crippen LogP contribution in [0.2, 0.25) is 0 Å². The van der Waals surface area contributed by atoms with Crippen molar-refractivity contribution in [2.24, 2.45) is 5.73 Å². The Hall–Kier alpha value is -1.85. The summed E-state index contributed by atoms with van der Waals surface area (Å²) < 4.78 is 7.49. The van der Waals surface area contributed by atoms with Crippen LogP contribution in [-0.4, -0.2) is 28.4 Å². The first-order chi connectivity index (χ1) is 9.69. The molecule has 0 aliphatic heterocycles. The summed E-state index contributed by atoms with van der Waals surface area (Å²) >= 11 is 0. The van der Waals surface area contributed by atoms with Gasteiger partial charge in [-0.05, 0) is 17.7 Å². The molecule has 2 aromatic rings. The van der Waals surface area contributed by atoms with Crippen molar-refractivity contribution in [3.05, 3.63) is 47.5 Å². The lowest BCUT2D eigenvalue weighted by molar-refractivity contribution is 0.268. The third-order valence-electron chi connectivity index (χ3n) is 3.39. The van der Waals surface area contributed by atoms with Crippen LogP contribution in [0, 0.1) is 0 Å². The molecule has 0 saturated carbocycles. The highest BCUT2D eigenvalue weighted by Gasteiger charge is 2.11. The quantitative estimate of drug-likeness (QED) is 0.838. The molecule has 0 unspecified atom stereocenters. The van der Waals surface area contributed by atoms with Gasteiger partial charge in [-0.25, -0.2) is 4.98 Å². The predicted octanol–water partition coefficient (Wildman–Crippen LogP) is 1.49. The lowest BCUT2D eigenvalue weighted by Gasteiger charge is -2.15. The van der Waals surface area contributed by atoms with E-state index in [4.69, 9.17) is 10.5 Å². The van der Waals surface area contributed by atoms with Crippen LogP contribution in [0.25, 0.3) is 0 Å². The van der Waals surface area contributed by atoms with Crippen LogP contribution in [-0.2, 0) is 13.0 Å². The molecule has 0 amide bonds. The van der Waals surface area contributed by atoms with Gasteiger partial charge >= 0.3 is 0 Å². The Kier molecular flexibility index (Phi) is 4.76. The molecule has 1 heterocycles. The fraction of sp³-hybridized carbons (Fsp3) is 0.400. The van der Waals surface area contributed by atoms with Crippen molar-refractivity contribution in [2.45, 2.75) is 25.9 Å². The Morgan fingerprint density at radius 1 is 1.45 bits per heavy atom. The molecule has 0 aliphatic rings. The molecule has 1 aromatic carbocycles. The van der Waals surface area contributed by atoms with Crippen molar-refractivity contribution in [1.82, 2.24) is 9.55 Å². The maximum absolute atomic E-state index is 9.17. The van der Waals surface area contributed by atoms with Crippen LogP contribution in [0.1, 0.15) is 29.9 Å². The molecule has 0 fully saturated rings. The van der Waals surface area contributed by atoms with E-state index in [-0.39, 0.29) is 12.6 Å². The Bertz CT molecular complexity index is 566. The van der Waals surface area contributed by atoms with Crippen molar-refractivity contribution >= 4 is 0 Å². The van der Waals surface area contributed by atoms with Gasteiger partial charge in [0.05, 0.1) is 26.3 Å². The molecule has 1 aromatic heterocycles. The molecule has 2 rings (SSSR count). The van der Waals surface area contributed by atoms with E-state index < -0.39 is 0 Å². The molecule has 0 bridgehead atoms. The van der Waals surface area contributed by atoms with Gasteiger partial charge in [0.1, 0.15) is 11.6 Å². The van der Waals surface area contributed by atoms with E-state index in [1.165, 1.54) is 0 Å². The van der Waals surface area contributed by atoms with Gasteiger partial charge in [0.15, 0.2) is 0 Å². The smallest absolute Gasteiger partial charge is 0.123 e. The third-order valence-corrected chi connectivity index (χ3v) is 3.39. The second-order valence-corrected chi connectivity index (χ2v) is 4.69. The minimum absolute atomic E-state index is 0.0724. The minimum Gasteiger partial charge on any atom is -0.496 e. The first-order valence-corrected chi connectivity index (χ1v) is 6.72. The summed E-state index contributed by atoms with van der Waals surface area (Å²) in [5.41, 5.74) is 7.81. The molecule has 0 radical (unpaired) electrons. The predicted molar refractivity (Wildman–Crippen MR) is 77.7 cm³/mol. The highest BCUT2D eigenvalue weighted by molar-refractivity contribution is 5.38. The molecule has 1 atom stereocenters. The molecule has 3 N–H and O–H groups in total. The fourth-order valence-electron chi connectivity index (χ4n) is 2.24. The van der Waals surface area contributed by atoms with Crippen molar-refractivity contribution in [1.29, 1.82) is 0 Å². The molecular weight excluding hydrogens is 254 g/mol. The summed E-state index contributed by atoms with van der Waals surface area (Å²) in [6.07, 6.45) is 4.64. The fourth-order valence-corrected chi connectivity index (χ4v) is 2.24. The number of imidazole rings is 1. The molecule has 108 valence electrons. The second-order valence-electron chi connectivity index (χ2n) is 4.69. The number of nitrogens with zero attached hydrogens (tertiary/aromatic N) is 2. The van der Waals surface area contributed by atoms with Crippen molar-refractivity contribution in [3.8, 4) is 5.75 Å². The number of rotatable bonds is 6. The Balaban J connectivity index is 2.33. The molecule has 0 spiro atoms. The van der Waals surface area contributed by atoms with Gasteiger partial charge in [-0.3, -0.25) is 0 Å². The number of ether oxygens (including phenoxy) is 1. The number of aliphatic hydroxyl groups is 1. The van der Waals surface area contributed by atoms with E-state index in [9.17, 15) is 5.11 Å². The highest BCUT2D eigenvalue weighted by Crippen LogP contribution is 2.24. The maximum Gasteiger partial charge on any atom is 0.123 e. The maximum atomic E-state index is 9.17. The zero-order valence-electron chi connectivity index (χ0n) is 11.9. The van der Waals surface area contributed by atoms with Crippen LogP contribution in [0.5, 0.6) is 5.75 Å². The van der Waals surface area contributed by atoms with E-state index >= 15 is 0 Å². The lowest BCUT2D eigenvalue weighted by atomic mass is 10.0. The van der Waals surface area contributed by atoms with Gasteiger partial charge in [0.2, 0.25) is 0 Å². The van der Waals surface area contributed by atoms with Gasteiger partial charge in [0, 0.05) is 24.4 Å². The van der Waals surface area contributed by atoms with E-state index in [0.29, 0.717) is 6.54 Å². The van der Waals surface area contributed by atoms with Crippen LogP contribution in [0.3, 0.4) is 0 Å². The average molecular weight is 275 g/mol. The van der Waals surface area contributed by atoms with Crippen LogP contribution < -0.4 is 10.5 Å². The summed E-state index contributed by atoms with van der Waals surface area (Å²) in [6.45, 7) is 2.68.